The second kappa shape index (κ2) is 2.59. The first-order valence-corrected chi connectivity index (χ1v) is 5.10. The van der Waals surface area contributed by atoms with Crippen LogP contribution in [0.15, 0.2) is 18.2 Å². The summed E-state index contributed by atoms with van der Waals surface area (Å²) in [5.41, 5.74) is 2.33. The summed E-state index contributed by atoms with van der Waals surface area (Å²) < 4.78 is 0. The van der Waals surface area contributed by atoms with Crippen molar-refractivity contribution in [2.45, 2.75) is 25.2 Å². The van der Waals surface area contributed by atoms with E-state index in [0.29, 0.717) is 23.9 Å². The van der Waals surface area contributed by atoms with Crippen LogP contribution in [0.25, 0.3) is 0 Å². The van der Waals surface area contributed by atoms with Gasteiger partial charge in [0.05, 0.1) is 0 Å². The zero-order valence-electron chi connectivity index (χ0n) is 7.86. The molecule has 1 saturated carbocycles. The third-order valence-electron chi connectivity index (χ3n) is 3.58. The van der Waals surface area contributed by atoms with Gasteiger partial charge in [-0.1, -0.05) is 6.07 Å². The summed E-state index contributed by atoms with van der Waals surface area (Å²) in [6.45, 7) is 0. The number of fused-ring (bicyclic) bond motifs is 3. The molecule has 0 saturated heterocycles. The molecule has 0 aromatic heterocycles. The lowest BCUT2D eigenvalue weighted by Gasteiger charge is -2.40. The predicted octanol–water partition coefficient (Wildman–Crippen LogP) is 2.01. The Bertz CT molecular complexity index is 409. The molecular formula is C12H12O2. The van der Waals surface area contributed by atoms with Crippen molar-refractivity contribution < 1.29 is 9.90 Å². The van der Waals surface area contributed by atoms with Gasteiger partial charge in [-0.15, -0.1) is 0 Å². The third kappa shape index (κ3) is 0.939. The van der Waals surface area contributed by atoms with Crippen molar-refractivity contribution in [3.63, 3.8) is 0 Å². The zero-order chi connectivity index (χ0) is 9.71. The van der Waals surface area contributed by atoms with E-state index in [9.17, 15) is 9.90 Å². The molecular weight excluding hydrogens is 176 g/mol. The highest BCUT2D eigenvalue weighted by atomic mass is 16.3. The Balaban J connectivity index is 2.12. The van der Waals surface area contributed by atoms with Crippen LogP contribution in [-0.4, -0.2) is 10.9 Å². The van der Waals surface area contributed by atoms with Crippen LogP contribution in [0.4, 0.5) is 0 Å². The molecule has 2 nitrogen and oxygen atoms in total. The number of aromatic hydroxyl groups is 1. The number of hydrogen-bond acceptors (Lipinski definition) is 2. The molecule has 2 aliphatic carbocycles. The lowest BCUT2D eigenvalue weighted by atomic mass is 9.62. The van der Waals surface area contributed by atoms with Crippen LogP contribution in [0.3, 0.4) is 0 Å². The lowest BCUT2D eigenvalue weighted by Crippen LogP contribution is -2.36. The van der Waals surface area contributed by atoms with E-state index in [2.05, 4.69) is 0 Å². The van der Waals surface area contributed by atoms with Gasteiger partial charge in [0.1, 0.15) is 11.5 Å². The largest absolute Gasteiger partial charge is 0.508 e. The van der Waals surface area contributed by atoms with Crippen molar-refractivity contribution >= 4 is 5.78 Å². The van der Waals surface area contributed by atoms with Crippen molar-refractivity contribution in [3.8, 4) is 5.75 Å². The van der Waals surface area contributed by atoms with Crippen LogP contribution in [0.2, 0.25) is 0 Å². The number of phenolic OH excluding ortho intramolecular Hbond substituents is 1. The number of carbonyl (C=O) groups is 1. The van der Waals surface area contributed by atoms with Gasteiger partial charge in [0.2, 0.25) is 0 Å². The van der Waals surface area contributed by atoms with Gasteiger partial charge < -0.3 is 5.11 Å². The predicted molar refractivity (Wildman–Crippen MR) is 52.3 cm³/mol. The van der Waals surface area contributed by atoms with E-state index < -0.39 is 0 Å². The molecule has 0 heterocycles. The molecule has 1 fully saturated rings. The first kappa shape index (κ1) is 8.04. The Morgan fingerprint density at radius 2 is 2.00 bits per heavy atom. The van der Waals surface area contributed by atoms with Crippen molar-refractivity contribution in [2.24, 2.45) is 5.92 Å². The fourth-order valence-electron chi connectivity index (χ4n) is 2.66. The Labute approximate surface area is 82.6 Å². The highest BCUT2D eigenvalue weighted by Gasteiger charge is 2.41. The second-order valence-corrected chi connectivity index (χ2v) is 4.32. The maximum absolute atomic E-state index is 11.6. The molecule has 1 N–H and O–H groups in total. The standard InChI is InChI=1S/C12H12O2/c13-8-2-1-7-5-12(14)10-4-3-9(10)11(7)6-8/h1-2,6,9-10,13H,3-5H2. The second-order valence-electron chi connectivity index (χ2n) is 4.32. The van der Waals surface area contributed by atoms with Crippen LogP contribution in [0, 0.1) is 5.92 Å². The number of rotatable bonds is 0. The highest BCUT2D eigenvalue weighted by molar-refractivity contribution is 5.87. The Hall–Kier alpha value is -1.31. The minimum absolute atomic E-state index is 0.254. The number of Topliss-reactive ketones (excluding diaryl/α,β-unsaturated/α-hetero) is 1. The Morgan fingerprint density at radius 3 is 2.71 bits per heavy atom. The van der Waals surface area contributed by atoms with Crippen LogP contribution >= 0.6 is 0 Å². The van der Waals surface area contributed by atoms with E-state index in [0.717, 1.165) is 18.4 Å². The molecule has 3 rings (SSSR count). The molecule has 14 heavy (non-hydrogen) atoms. The third-order valence-corrected chi connectivity index (χ3v) is 3.58. The van der Waals surface area contributed by atoms with E-state index >= 15 is 0 Å². The molecule has 2 atom stereocenters. The van der Waals surface area contributed by atoms with Gasteiger partial charge in [-0.05, 0) is 42.0 Å². The van der Waals surface area contributed by atoms with E-state index in [4.69, 9.17) is 0 Å². The molecule has 2 heteroatoms. The van der Waals surface area contributed by atoms with Gasteiger partial charge in [0.25, 0.3) is 0 Å². The molecule has 0 radical (unpaired) electrons. The molecule has 2 unspecified atom stereocenters. The smallest absolute Gasteiger partial charge is 0.140 e. The average Bonchev–Trinajstić information content (AvgIpc) is 2.06. The number of phenols is 1. The van der Waals surface area contributed by atoms with Crippen molar-refractivity contribution in [1.82, 2.24) is 0 Å². The lowest BCUT2D eigenvalue weighted by molar-refractivity contribution is -0.126. The molecule has 0 bridgehead atoms. The number of carbonyl (C=O) groups excluding carboxylic acids is 1. The zero-order valence-corrected chi connectivity index (χ0v) is 7.86. The SMILES string of the molecule is O=C1Cc2ccc(O)cc2C2CCC12. The fourth-order valence-corrected chi connectivity index (χ4v) is 2.66. The van der Waals surface area contributed by atoms with Gasteiger partial charge in [0, 0.05) is 12.3 Å². The highest BCUT2D eigenvalue weighted by Crippen LogP contribution is 2.48. The minimum Gasteiger partial charge on any atom is -0.508 e. The monoisotopic (exact) mass is 188 g/mol. The molecule has 2 aliphatic rings. The summed E-state index contributed by atoms with van der Waals surface area (Å²) in [7, 11) is 0. The van der Waals surface area contributed by atoms with Gasteiger partial charge in [0.15, 0.2) is 0 Å². The molecule has 0 amide bonds. The number of hydrogen-bond donors (Lipinski definition) is 1. The van der Waals surface area contributed by atoms with E-state index in [1.807, 2.05) is 12.1 Å². The van der Waals surface area contributed by atoms with Crippen LogP contribution in [0.1, 0.15) is 29.9 Å². The molecule has 1 aromatic rings. The quantitative estimate of drug-likeness (QED) is 0.676. The fraction of sp³-hybridized carbons (Fsp3) is 0.417. The van der Waals surface area contributed by atoms with Crippen molar-refractivity contribution in [2.75, 3.05) is 0 Å². The summed E-state index contributed by atoms with van der Waals surface area (Å²) in [4.78, 5) is 11.6. The summed E-state index contributed by atoms with van der Waals surface area (Å²) in [5, 5.41) is 9.40. The maximum Gasteiger partial charge on any atom is 0.140 e. The van der Waals surface area contributed by atoms with Gasteiger partial charge in [-0.3, -0.25) is 4.79 Å². The van der Waals surface area contributed by atoms with E-state index in [-0.39, 0.29) is 5.92 Å². The summed E-state index contributed by atoms with van der Waals surface area (Å²) in [5.74, 6) is 1.37. The molecule has 1 aromatic carbocycles. The summed E-state index contributed by atoms with van der Waals surface area (Å²) in [6, 6.07) is 5.39. The van der Waals surface area contributed by atoms with Gasteiger partial charge in [-0.25, -0.2) is 0 Å². The van der Waals surface area contributed by atoms with Crippen molar-refractivity contribution in [1.29, 1.82) is 0 Å². The first-order valence-electron chi connectivity index (χ1n) is 5.10. The van der Waals surface area contributed by atoms with E-state index in [1.54, 1.807) is 6.07 Å². The molecule has 72 valence electrons. The van der Waals surface area contributed by atoms with Crippen molar-refractivity contribution in [3.05, 3.63) is 29.3 Å². The first-order chi connectivity index (χ1) is 6.75. The van der Waals surface area contributed by atoms with Crippen LogP contribution in [-0.2, 0) is 11.2 Å². The normalized spacial score (nSPS) is 29.0. The van der Waals surface area contributed by atoms with Crippen LogP contribution < -0.4 is 0 Å². The molecule has 0 spiro atoms. The average molecular weight is 188 g/mol. The van der Waals surface area contributed by atoms with Gasteiger partial charge >= 0.3 is 0 Å². The maximum atomic E-state index is 11.6. The summed E-state index contributed by atoms with van der Waals surface area (Å²) >= 11 is 0. The van der Waals surface area contributed by atoms with Crippen LogP contribution in [0.5, 0.6) is 5.75 Å². The molecule has 0 aliphatic heterocycles. The number of benzene rings is 1. The Morgan fingerprint density at radius 1 is 1.21 bits per heavy atom. The van der Waals surface area contributed by atoms with E-state index in [1.165, 1.54) is 5.56 Å². The number of ketones is 1. The minimum atomic E-state index is 0.254. The topological polar surface area (TPSA) is 37.3 Å². The Kier molecular flexibility index (Phi) is 1.49. The van der Waals surface area contributed by atoms with Gasteiger partial charge in [-0.2, -0.15) is 0 Å². The summed E-state index contributed by atoms with van der Waals surface area (Å²) in [6.07, 6.45) is 2.71.